The first-order chi connectivity index (χ1) is 10.1. The Balaban J connectivity index is 2.94. The highest BCUT2D eigenvalue weighted by molar-refractivity contribution is 6.31. The zero-order chi connectivity index (χ0) is 15.4. The molecule has 0 aliphatic heterocycles. The molecule has 0 aliphatic rings. The Kier molecular flexibility index (Phi) is 4.49. The Morgan fingerprint density at radius 3 is 2.90 bits per heavy atom. The molecule has 0 saturated heterocycles. The number of anilines is 1. The van der Waals surface area contributed by atoms with E-state index in [9.17, 15) is 4.79 Å². The number of fused-ring (bicyclic) bond motifs is 1. The fourth-order valence-corrected chi connectivity index (χ4v) is 2.14. The third-order valence-corrected chi connectivity index (χ3v) is 3.02. The zero-order valence-corrected chi connectivity index (χ0v) is 12.4. The highest BCUT2D eigenvalue weighted by Crippen LogP contribution is 2.25. The van der Waals surface area contributed by atoms with E-state index in [-0.39, 0.29) is 0 Å². The largest absolute Gasteiger partial charge is 0.372 e. The SMILES string of the molecule is C=N/C=C(\N=C/C)n1c(=O)nc(NC)c2ccc(Cl)cc21. The molecule has 0 bridgehead atoms. The molecule has 0 unspecified atom stereocenters. The van der Waals surface area contributed by atoms with Gasteiger partial charge in [-0.25, -0.2) is 14.4 Å². The summed E-state index contributed by atoms with van der Waals surface area (Å²) in [4.78, 5) is 24.1. The molecular weight excluding hydrogens is 290 g/mol. The Labute approximate surface area is 126 Å². The second kappa shape index (κ2) is 6.32. The van der Waals surface area contributed by atoms with E-state index in [1.54, 1.807) is 38.4 Å². The van der Waals surface area contributed by atoms with Crippen LogP contribution in [0.5, 0.6) is 0 Å². The summed E-state index contributed by atoms with van der Waals surface area (Å²) in [7, 11) is 1.70. The summed E-state index contributed by atoms with van der Waals surface area (Å²) in [6.07, 6.45) is 2.95. The van der Waals surface area contributed by atoms with E-state index in [0.29, 0.717) is 22.2 Å². The van der Waals surface area contributed by atoms with Crippen molar-refractivity contribution >= 4 is 47.1 Å². The van der Waals surface area contributed by atoms with Gasteiger partial charge in [-0.1, -0.05) is 11.6 Å². The van der Waals surface area contributed by atoms with E-state index in [1.807, 2.05) is 0 Å². The maximum atomic E-state index is 12.3. The lowest BCUT2D eigenvalue weighted by Crippen LogP contribution is -2.23. The van der Waals surface area contributed by atoms with Gasteiger partial charge in [0, 0.05) is 23.7 Å². The molecule has 21 heavy (non-hydrogen) atoms. The van der Waals surface area contributed by atoms with E-state index < -0.39 is 5.69 Å². The van der Waals surface area contributed by atoms with E-state index in [0.717, 1.165) is 5.39 Å². The number of aliphatic imine (C=N–C) groups is 2. The van der Waals surface area contributed by atoms with Crippen molar-refractivity contribution in [3.05, 3.63) is 39.9 Å². The third-order valence-electron chi connectivity index (χ3n) is 2.79. The van der Waals surface area contributed by atoms with Crippen molar-refractivity contribution in [1.29, 1.82) is 0 Å². The van der Waals surface area contributed by atoms with E-state index in [4.69, 9.17) is 11.6 Å². The summed E-state index contributed by atoms with van der Waals surface area (Å²) < 4.78 is 1.34. The predicted octanol–water partition coefficient (Wildman–Crippen LogP) is 2.64. The van der Waals surface area contributed by atoms with Gasteiger partial charge < -0.3 is 5.32 Å². The maximum absolute atomic E-state index is 12.3. The molecule has 0 saturated carbocycles. The van der Waals surface area contributed by atoms with Crippen molar-refractivity contribution in [2.45, 2.75) is 6.92 Å². The monoisotopic (exact) mass is 303 g/mol. The zero-order valence-electron chi connectivity index (χ0n) is 11.7. The molecule has 0 fully saturated rings. The van der Waals surface area contributed by atoms with Gasteiger partial charge in [-0.3, -0.25) is 4.99 Å². The topological polar surface area (TPSA) is 71.6 Å². The van der Waals surface area contributed by atoms with Gasteiger partial charge >= 0.3 is 5.69 Å². The summed E-state index contributed by atoms with van der Waals surface area (Å²) in [6.45, 7) is 5.14. The summed E-state index contributed by atoms with van der Waals surface area (Å²) in [6, 6.07) is 5.21. The van der Waals surface area contributed by atoms with E-state index in [2.05, 4.69) is 27.0 Å². The van der Waals surface area contributed by atoms with Crippen LogP contribution in [-0.2, 0) is 0 Å². The Bertz CT molecular complexity index is 807. The molecular formula is C14H14ClN5O. The molecule has 2 aromatic rings. The van der Waals surface area contributed by atoms with Gasteiger partial charge in [0.2, 0.25) is 0 Å². The van der Waals surface area contributed by atoms with Crippen LogP contribution in [0.2, 0.25) is 5.02 Å². The molecule has 2 rings (SSSR count). The first-order valence-electron chi connectivity index (χ1n) is 6.17. The van der Waals surface area contributed by atoms with Crippen molar-refractivity contribution in [1.82, 2.24) is 9.55 Å². The Morgan fingerprint density at radius 2 is 2.29 bits per heavy atom. The van der Waals surface area contributed by atoms with E-state index in [1.165, 1.54) is 10.8 Å². The number of hydrogen-bond donors (Lipinski definition) is 1. The van der Waals surface area contributed by atoms with Gasteiger partial charge in [0.1, 0.15) is 5.82 Å². The van der Waals surface area contributed by atoms with Crippen molar-refractivity contribution in [3.8, 4) is 0 Å². The number of nitrogens with zero attached hydrogens (tertiary/aromatic N) is 4. The number of benzene rings is 1. The minimum absolute atomic E-state index is 0.319. The summed E-state index contributed by atoms with van der Waals surface area (Å²) >= 11 is 6.05. The summed E-state index contributed by atoms with van der Waals surface area (Å²) in [5, 5.41) is 4.16. The lowest BCUT2D eigenvalue weighted by atomic mass is 10.2. The molecule has 108 valence electrons. The van der Waals surface area contributed by atoms with Crippen LogP contribution in [0.1, 0.15) is 6.92 Å². The third kappa shape index (κ3) is 2.85. The lowest BCUT2D eigenvalue weighted by Gasteiger charge is -2.12. The average Bonchev–Trinajstić information content (AvgIpc) is 2.46. The van der Waals surface area contributed by atoms with Crippen LogP contribution in [0.4, 0.5) is 5.82 Å². The lowest BCUT2D eigenvalue weighted by molar-refractivity contribution is 0.963. The van der Waals surface area contributed by atoms with Crippen molar-refractivity contribution in [2.75, 3.05) is 12.4 Å². The molecule has 1 aromatic heterocycles. The first-order valence-corrected chi connectivity index (χ1v) is 6.55. The number of hydrogen-bond acceptors (Lipinski definition) is 5. The smallest absolute Gasteiger partial charge is 0.355 e. The van der Waals surface area contributed by atoms with Crippen LogP contribution >= 0.6 is 11.6 Å². The Morgan fingerprint density at radius 1 is 1.52 bits per heavy atom. The molecule has 7 heteroatoms. The van der Waals surface area contributed by atoms with Crippen LogP contribution in [-0.4, -0.2) is 29.5 Å². The van der Waals surface area contributed by atoms with Gasteiger partial charge in [0.05, 0.1) is 11.7 Å². The number of halogens is 1. The fraction of sp³-hybridized carbons (Fsp3) is 0.143. The van der Waals surface area contributed by atoms with Gasteiger partial charge in [-0.15, -0.1) is 0 Å². The average molecular weight is 304 g/mol. The van der Waals surface area contributed by atoms with Crippen LogP contribution in [0.25, 0.3) is 16.7 Å². The van der Waals surface area contributed by atoms with Gasteiger partial charge in [-0.2, -0.15) is 4.98 Å². The number of aromatic nitrogens is 2. The predicted molar refractivity (Wildman–Crippen MR) is 88.5 cm³/mol. The van der Waals surface area contributed by atoms with Crippen LogP contribution in [0.3, 0.4) is 0 Å². The molecule has 0 radical (unpaired) electrons. The normalized spacial score (nSPS) is 12.0. The highest BCUT2D eigenvalue weighted by Gasteiger charge is 2.12. The standard InChI is InChI=1S/C14H14ClN5O/c1-4-18-12(8-16-2)20-11-7-9(15)5-6-10(11)13(17-3)19-14(20)21/h4-8H,2H2,1,3H3,(H,17,19,21)/b12-8+,18-4-. The molecule has 1 aromatic carbocycles. The van der Waals surface area contributed by atoms with Crippen molar-refractivity contribution in [3.63, 3.8) is 0 Å². The molecule has 0 atom stereocenters. The fourth-order valence-electron chi connectivity index (χ4n) is 1.97. The summed E-state index contributed by atoms with van der Waals surface area (Å²) in [5.74, 6) is 0.800. The van der Waals surface area contributed by atoms with Gasteiger partial charge in [0.25, 0.3) is 0 Å². The van der Waals surface area contributed by atoms with Gasteiger partial charge in [-0.05, 0) is 31.8 Å². The number of nitrogens with one attached hydrogen (secondary N) is 1. The first kappa shape index (κ1) is 14.9. The molecule has 0 amide bonds. The minimum Gasteiger partial charge on any atom is -0.372 e. The van der Waals surface area contributed by atoms with Crippen LogP contribution in [0, 0.1) is 0 Å². The second-order valence-corrected chi connectivity index (χ2v) is 4.48. The highest BCUT2D eigenvalue weighted by atomic mass is 35.5. The maximum Gasteiger partial charge on any atom is 0.355 e. The van der Waals surface area contributed by atoms with E-state index >= 15 is 0 Å². The quantitative estimate of drug-likeness (QED) is 0.883. The van der Waals surface area contributed by atoms with Crippen molar-refractivity contribution < 1.29 is 0 Å². The number of rotatable bonds is 4. The second-order valence-electron chi connectivity index (χ2n) is 4.05. The molecule has 1 N–H and O–H groups in total. The minimum atomic E-state index is -0.477. The molecule has 1 heterocycles. The summed E-state index contributed by atoms with van der Waals surface area (Å²) in [5.41, 5.74) is 0.113. The van der Waals surface area contributed by atoms with Crippen molar-refractivity contribution in [2.24, 2.45) is 9.98 Å². The molecule has 6 nitrogen and oxygen atoms in total. The Hall–Kier alpha value is -2.47. The molecule has 0 aliphatic carbocycles. The van der Waals surface area contributed by atoms with Crippen LogP contribution < -0.4 is 11.0 Å². The van der Waals surface area contributed by atoms with Gasteiger partial charge in [0.15, 0.2) is 5.82 Å². The molecule has 0 spiro atoms. The van der Waals surface area contributed by atoms with Crippen LogP contribution in [0.15, 0.2) is 39.2 Å².